The highest BCUT2D eigenvalue weighted by Crippen LogP contribution is 2.50. The molecule has 2 amide bonds. The maximum Gasteiger partial charge on any atom is 0.257 e. The topological polar surface area (TPSA) is 67.9 Å². The van der Waals surface area contributed by atoms with Crippen LogP contribution in [0.25, 0.3) is 0 Å². The molecule has 3 rings (SSSR count). The van der Waals surface area contributed by atoms with Crippen LogP contribution in [0.2, 0.25) is 0 Å². The Hall–Kier alpha value is -2.15. The number of alkyl halides is 1. The molecule has 1 N–H and O–H groups in total. The Kier molecular flexibility index (Phi) is 5.69. The molecule has 1 aliphatic carbocycles. The number of carbonyl (C=O) groups is 2. The average Bonchev–Trinajstić information content (AvgIpc) is 3.50. The molecule has 0 radical (unpaired) electrons. The minimum absolute atomic E-state index is 0.0241. The Labute approximate surface area is 159 Å². The second kappa shape index (κ2) is 7.84. The maximum atomic E-state index is 14.9. The van der Waals surface area contributed by atoms with Gasteiger partial charge < -0.3 is 19.7 Å². The van der Waals surface area contributed by atoms with E-state index in [0.29, 0.717) is 6.61 Å². The average molecular weight is 378 g/mol. The van der Waals surface area contributed by atoms with E-state index in [-0.39, 0.29) is 38.4 Å². The van der Waals surface area contributed by atoms with Crippen LogP contribution in [0.1, 0.15) is 31.2 Å². The van der Waals surface area contributed by atoms with Crippen molar-refractivity contribution in [2.45, 2.75) is 36.8 Å². The van der Waals surface area contributed by atoms with Crippen LogP contribution >= 0.6 is 0 Å². The largest absolute Gasteiger partial charge is 0.497 e. The summed E-state index contributed by atoms with van der Waals surface area (Å²) in [6.07, 6.45) is 1.65. The molecule has 2 fully saturated rings. The first-order valence-corrected chi connectivity index (χ1v) is 9.35. The lowest BCUT2D eigenvalue weighted by atomic mass is 9.89. The van der Waals surface area contributed by atoms with Crippen LogP contribution in [0.4, 0.5) is 4.39 Å². The Morgan fingerprint density at radius 1 is 1.11 bits per heavy atom. The molecular weight excluding hydrogens is 351 g/mol. The number of nitrogens with zero attached hydrogens (tertiary/aromatic N) is 1. The fraction of sp³-hybridized carbons (Fsp3) is 0.600. The Bertz CT molecular complexity index is 680. The van der Waals surface area contributed by atoms with Crippen LogP contribution < -0.4 is 10.1 Å². The van der Waals surface area contributed by atoms with Gasteiger partial charge in [-0.1, -0.05) is 12.1 Å². The van der Waals surface area contributed by atoms with Crippen molar-refractivity contribution in [2.24, 2.45) is 0 Å². The van der Waals surface area contributed by atoms with Gasteiger partial charge in [-0.2, -0.15) is 0 Å². The molecule has 6 nitrogen and oxygen atoms in total. The number of nitrogens with one attached hydrogen (secondary N) is 1. The minimum atomic E-state index is -1.92. The molecule has 0 unspecified atom stereocenters. The molecule has 2 aliphatic rings. The Morgan fingerprint density at radius 2 is 1.74 bits per heavy atom. The lowest BCUT2D eigenvalue weighted by Crippen LogP contribution is -2.54. The summed E-state index contributed by atoms with van der Waals surface area (Å²) in [5, 5.41) is 2.56. The van der Waals surface area contributed by atoms with Gasteiger partial charge in [-0.05, 0) is 30.5 Å². The molecule has 1 aliphatic heterocycles. The molecule has 1 saturated heterocycles. The van der Waals surface area contributed by atoms with Crippen molar-refractivity contribution >= 4 is 11.8 Å². The molecule has 27 heavy (non-hydrogen) atoms. The number of ether oxygens (including phenoxy) is 2. The van der Waals surface area contributed by atoms with Gasteiger partial charge in [0.25, 0.3) is 5.91 Å². The number of likely N-dealkylation sites (tertiary alicyclic amines) is 1. The molecule has 0 atom stereocenters. The first kappa shape index (κ1) is 19.6. The SMILES string of the molecule is COCCNC(=O)C1(F)CCN(C(=O)C2(c3ccc(OC)cc3)CC2)CC1. The number of methoxy groups -OCH3 is 2. The molecule has 0 spiro atoms. The smallest absolute Gasteiger partial charge is 0.257 e. The zero-order valence-corrected chi connectivity index (χ0v) is 15.9. The van der Waals surface area contributed by atoms with Gasteiger partial charge in [0.2, 0.25) is 5.91 Å². The fourth-order valence-electron chi connectivity index (χ4n) is 3.68. The highest BCUT2D eigenvalue weighted by molar-refractivity contribution is 5.92. The molecule has 0 aromatic heterocycles. The normalized spacial score (nSPS) is 20.0. The lowest BCUT2D eigenvalue weighted by Gasteiger charge is -2.37. The summed E-state index contributed by atoms with van der Waals surface area (Å²) in [6, 6.07) is 7.57. The number of hydrogen-bond acceptors (Lipinski definition) is 4. The number of rotatable bonds is 7. The number of carbonyl (C=O) groups excluding carboxylic acids is 2. The zero-order chi connectivity index (χ0) is 19.5. The van der Waals surface area contributed by atoms with E-state index in [4.69, 9.17) is 9.47 Å². The lowest BCUT2D eigenvalue weighted by molar-refractivity contribution is -0.143. The molecule has 0 bridgehead atoms. The number of amides is 2. The van der Waals surface area contributed by atoms with E-state index in [9.17, 15) is 14.0 Å². The molecule has 148 valence electrons. The van der Waals surface area contributed by atoms with Crippen LogP contribution in [0, 0.1) is 0 Å². The number of hydrogen-bond donors (Lipinski definition) is 1. The van der Waals surface area contributed by atoms with Gasteiger partial charge in [0.15, 0.2) is 5.67 Å². The van der Waals surface area contributed by atoms with Gasteiger partial charge >= 0.3 is 0 Å². The summed E-state index contributed by atoms with van der Waals surface area (Å²) in [4.78, 5) is 26.9. The van der Waals surface area contributed by atoms with Gasteiger partial charge in [-0.15, -0.1) is 0 Å². The van der Waals surface area contributed by atoms with E-state index >= 15 is 0 Å². The first-order valence-electron chi connectivity index (χ1n) is 9.35. The van der Waals surface area contributed by atoms with E-state index in [1.54, 1.807) is 12.0 Å². The van der Waals surface area contributed by atoms with Crippen molar-refractivity contribution in [3.8, 4) is 5.75 Å². The number of piperidine rings is 1. The number of halogens is 1. The van der Waals surface area contributed by atoms with Crippen molar-refractivity contribution in [1.82, 2.24) is 10.2 Å². The minimum Gasteiger partial charge on any atom is -0.497 e. The summed E-state index contributed by atoms with van der Waals surface area (Å²) >= 11 is 0. The van der Waals surface area contributed by atoms with Crippen LogP contribution in [0.5, 0.6) is 5.75 Å². The quantitative estimate of drug-likeness (QED) is 0.735. The van der Waals surface area contributed by atoms with Gasteiger partial charge in [0.05, 0.1) is 19.1 Å². The van der Waals surface area contributed by atoms with Crippen LogP contribution in [-0.4, -0.2) is 62.8 Å². The monoisotopic (exact) mass is 378 g/mol. The Balaban J connectivity index is 1.60. The van der Waals surface area contributed by atoms with Crippen LogP contribution in [0.15, 0.2) is 24.3 Å². The standard InChI is InChI=1S/C20H27FN2O4/c1-26-14-11-22-17(24)20(21)9-12-23(13-10-20)18(25)19(7-8-19)15-3-5-16(27-2)6-4-15/h3-6H,7-14H2,1-2H3,(H,22,24). The van der Waals surface area contributed by atoms with Gasteiger partial charge in [0, 0.05) is 39.6 Å². The third-order valence-electron chi connectivity index (χ3n) is 5.64. The van der Waals surface area contributed by atoms with E-state index in [1.165, 1.54) is 7.11 Å². The molecule has 1 aromatic carbocycles. The van der Waals surface area contributed by atoms with E-state index in [1.807, 2.05) is 24.3 Å². The molecule has 1 aromatic rings. The van der Waals surface area contributed by atoms with E-state index in [2.05, 4.69) is 5.32 Å². The highest BCUT2D eigenvalue weighted by Gasteiger charge is 2.54. The number of benzene rings is 1. The van der Waals surface area contributed by atoms with Crippen LogP contribution in [-0.2, 0) is 19.7 Å². The predicted octanol–water partition coefficient (Wildman–Crippen LogP) is 1.82. The highest BCUT2D eigenvalue weighted by atomic mass is 19.1. The van der Waals surface area contributed by atoms with Crippen LogP contribution in [0.3, 0.4) is 0 Å². The summed E-state index contributed by atoms with van der Waals surface area (Å²) < 4.78 is 25.0. The van der Waals surface area contributed by atoms with Gasteiger partial charge in [-0.25, -0.2) is 4.39 Å². The van der Waals surface area contributed by atoms with E-state index in [0.717, 1.165) is 24.2 Å². The third-order valence-corrected chi connectivity index (χ3v) is 5.64. The molecule has 7 heteroatoms. The fourth-order valence-corrected chi connectivity index (χ4v) is 3.68. The van der Waals surface area contributed by atoms with Crippen molar-refractivity contribution in [2.75, 3.05) is 40.5 Å². The zero-order valence-electron chi connectivity index (χ0n) is 15.9. The van der Waals surface area contributed by atoms with Crippen molar-refractivity contribution in [3.63, 3.8) is 0 Å². The van der Waals surface area contributed by atoms with Crippen molar-refractivity contribution in [3.05, 3.63) is 29.8 Å². The third kappa shape index (κ3) is 3.93. The van der Waals surface area contributed by atoms with Crippen molar-refractivity contribution in [1.29, 1.82) is 0 Å². The molecular formula is C20H27FN2O4. The van der Waals surface area contributed by atoms with Gasteiger partial charge in [0.1, 0.15) is 5.75 Å². The molecule has 1 saturated carbocycles. The summed E-state index contributed by atoms with van der Waals surface area (Å²) in [6.45, 7) is 1.14. The first-order chi connectivity index (χ1) is 12.9. The maximum absolute atomic E-state index is 14.9. The van der Waals surface area contributed by atoms with Gasteiger partial charge in [-0.3, -0.25) is 9.59 Å². The van der Waals surface area contributed by atoms with E-state index < -0.39 is 17.0 Å². The predicted molar refractivity (Wildman–Crippen MR) is 98.4 cm³/mol. The summed E-state index contributed by atoms with van der Waals surface area (Å²) in [7, 11) is 3.13. The second-order valence-electron chi connectivity index (χ2n) is 7.32. The summed E-state index contributed by atoms with van der Waals surface area (Å²) in [5.41, 5.74) is -1.44. The molecule has 1 heterocycles. The Morgan fingerprint density at radius 3 is 2.26 bits per heavy atom. The van der Waals surface area contributed by atoms with Crippen molar-refractivity contribution < 1.29 is 23.5 Å². The second-order valence-corrected chi connectivity index (χ2v) is 7.32. The summed E-state index contributed by atoms with van der Waals surface area (Å²) in [5.74, 6) is 0.180.